The van der Waals surface area contributed by atoms with Crippen LogP contribution in [0.3, 0.4) is 0 Å². The van der Waals surface area contributed by atoms with Crippen molar-refractivity contribution in [2.45, 2.75) is 19.3 Å². The third-order valence-electron chi connectivity index (χ3n) is 4.51. The minimum atomic E-state index is -1.24. The number of carbonyl (C=O) groups is 1. The second-order valence-corrected chi connectivity index (χ2v) is 6.48. The van der Waals surface area contributed by atoms with Crippen molar-refractivity contribution in [1.82, 2.24) is 14.8 Å². The molecule has 9 heteroatoms. The number of aryl methyl sites for hydroxylation is 1. The summed E-state index contributed by atoms with van der Waals surface area (Å²) in [5.74, 6) is 0.736. The van der Waals surface area contributed by atoms with E-state index in [1.807, 2.05) is 19.3 Å². The normalized spacial score (nSPS) is 19.0. The van der Waals surface area contributed by atoms with Crippen molar-refractivity contribution in [3.05, 3.63) is 54.6 Å². The van der Waals surface area contributed by atoms with Crippen LogP contribution in [0.25, 0.3) is 11.1 Å². The second kappa shape index (κ2) is 6.93. The van der Waals surface area contributed by atoms with E-state index in [2.05, 4.69) is 15.4 Å². The number of aliphatic hydroxyl groups is 1. The first-order valence-corrected chi connectivity index (χ1v) is 8.63. The van der Waals surface area contributed by atoms with Gasteiger partial charge in [-0.2, -0.15) is 5.10 Å². The number of aromatic nitrogens is 3. The minimum Gasteiger partial charge on any atom is -0.417 e. The Labute approximate surface area is 160 Å². The monoisotopic (exact) mass is 383 g/mol. The van der Waals surface area contributed by atoms with E-state index < -0.39 is 24.2 Å². The molecule has 1 unspecified atom stereocenters. The van der Waals surface area contributed by atoms with Gasteiger partial charge in [0, 0.05) is 36.6 Å². The predicted octanol–water partition coefficient (Wildman–Crippen LogP) is 3.03. The van der Waals surface area contributed by atoms with Crippen molar-refractivity contribution in [2.24, 2.45) is 7.05 Å². The second-order valence-electron chi connectivity index (χ2n) is 6.48. The first-order chi connectivity index (χ1) is 13.4. The Morgan fingerprint density at radius 3 is 2.61 bits per heavy atom. The minimum absolute atomic E-state index is 0.316. The summed E-state index contributed by atoms with van der Waals surface area (Å²) in [6.07, 6.45) is 1.42. The van der Waals surface area contributed by atoms with Gasteiger partial charge in [-0.05, 0) is 37.3 Å². The molecule has 0 spiro atoms. The number of nitrogens with one attached hydrogen (secondary N) is 1. The number of carbonyl (C=O) groups excluding carboxylic acids is 1. The van der Waals surface area contributed by atoms with Crippen molar-refractivity contribution in [2.75, 3.05) is 10.2 Å². The highest BCUT2D eigenvalue weighted by molar-refractivity contribution is 5.90. The largest absolute Gasteiger partial charge is 0.417 e. The van der Waals surface area contributed by atoms with Gasteiger partial charge in [-0.3, -0.25) is 9.58 Å². The molecule has 1 aliphatic rings. The van der Waals surface area contributed by atoms with Crippen LogP contribution in [0.2, 0.25) is 0 Å². The van der Waals surface area contributed by atoms with Crippen LogP contribution in [0.15, 0.2) is 48.8 Å². The SMILES string of the molecule is C[C@@H]1C(O)OC(=O)N1c1ccc(-c2ccc(Nc3ccn(C)n3)nc2)c(F)c1. The number of aliphatic hydroxyl groups excluding tert-OH is 1. The van der Waals surface area contributed by atoms with Crippen molar-refractivity contribution in [3.8, 4) is 11.1 Å². The van der Waals surface area contributed by atoms with E-state index >= 15 is 0 Å². The molecule has 1 aliphatic heterocycles. The molecular formula is C19H18FN5O3. The number of rotatable bonds is 4. The molecular weight excluding hydrogens is 365 g/mol. The van der Waals surface area contributed by atoms with Crippen LogP contribution in [0.4, 0.5) is 26.5 Å². The van der Waals surface area contributed by atoms with Crippen molar-refractivity contribution < 1.29 is 19.0 Å². The molecule has 0 radical (unpaired) electrons. The highest BCUT2D eigenvalue weighted by atomic mass is 19.1. The summed E-state index contributed by atoms with van der Waals surface area (Å²) < 4.78 is 21.1. The fourth-order valence-electron chi connectivity index (χ4n) is 3.02. The molecule has 2 N–H and O–H groups in total. The fraction of sp³-hybridized carbons (Fsp3) is 0.211. The number of anilines is 3. The molecule has 0 saturated carbocycles. The molecule has 1 saturated heterocycles. The van der Waals surface area contributed by atoms with Gasteiger partial charge >= 0.3 is 6.09 Å². The summed E-state index contributed by atoms with van der Waals surface area (Å²) >= 11 is 0. The molecule has 2 atom stereocenters. The molecule has 0 aliphatic carbocycles. The summed E-state index contributed by atoms with van der Waals surface area (Å²) in [7, 11) is 1.82. The number of hydrogen-bond acceptors (Lipinski definition) is 6. The van der Waals surface area contributed by atoms with Gasteiger partial charge in [-0.1, -0.05) is 0 Å². The number of amides is 1. The van der Waals surface area contributed by atoms with Gasteiger partial charge in [0.2, 0.25) is 6.29 Å². The van der Waals surface area contributed by atoms with Crippen LogP contribution in [0.5, 0.6) is 0 Å². The van der Waals surface area contributed by atoms with Crippen molar-refractivity contribution in [1.29, 1.82) is 0 Å². The van der Waals surface area contributed by atoms with E-state index in [0.717, 1.165) is 0 Å². The highest BCUT2D eigenvalue weighted by Gasteiger charge is 2.38. The summed E-state index contributed by atoms with van der Waals surface area (Å²) in [6, 6.07) is 9.10. The molecule has 28 heavy (non-hydrogen) atoms. The summed E-state index contributed by atoms with van der Waals surface area (Å²) in [4.78, 5) is 17.4. The average Bonchev–Trinajstić information content (AvgIpc) is 3.18. The Bertz CT molecular complexity index is 1020. The number of pyridine rings is 1. The highest BCUT2D eigenvalue weighted by Crippen LogP contribution is 2.31. The summed E-state index contributed by atoms with van der Waals surface area (Å²) in [5.41, 5.74) is 1.26. The van der Waals surface area contributed by atoms with Gasteiger partial charge < -0.3 is 15.2 Å². The van der Waals surface area contributed by atoms with Crippen LogP contribution in [0, 0.1) is 5.82 Å². The van der Waals surface area contributed by atoms with E-state index in [1.54, 1.807) is 42.1 Å². The Morgan fingerprint density at radius 1 is 1.21 bits per heavy atom. The van der Waals surface area contributed by atoms with Crippen molar-refractivity contribution in [3.63, 3.8) is 0 Å². The van der Waals surface area contributed by atoms with E-state index in [1.165, 1.54) is 11.0 Å². The average molecular weight is 383 g/mol. The van der Waals surface area contributed by atoms with Crippen LogP contribution < -0.4 is 10.2 Å². The van der Waals surface area contributed by atoms with E-state index in [0.29, 0.717) is 28.5 Å². The molecule has 2 aromatic heterocycles. The summed E-state index contributed by atoms with van der Waals surface area (Å²) in [5, 5.41) is 16.9. The third kappa shape index (κ3) is 3.27. The van der Waals surface area contributed by atoms with Gasteiger partial charge in [0.1, 0.15) is 11.6 Å². The molecule has 8 nitrogen and oxygen atoms in total. The molecule has 1 amide bonds. The Morgan fingerprint density at radius 2 is 2.04 bits per heavy atom. The molecule has 1 aromatic carbocycles. The number of nitrogens with zero attached hydrogens (tertiary/aromatic N) is 4. The van der Waals surface area contributed by atoms with Crippen LogP contribution >= 0.6 is 0 Å². The van der Waals surface area contributed by atoms with Gasteiger partial charge in [-0.15, -0.1) is 0 Å². The first-order valence-electron chi connectivity index (χ1n) is 8.63. The van der Waals surface area contributed by atoms with E-state index in [9.17, 15) is 14.3 Å². The lowest BCUT2D eigenvalue weighted by Crippen LogP contribution is -2.33. The van der Waals surface area contributed by atoms with Crippen molar-refractivity contribution >= 4 is 23.4 Å². The molecule has 144 valence electrons. The number of ether oxygens (including phenoxy) is 1. The fourth-order valence-corrected chi connectivity index (χ4v) is 3.02. The van der Waals surface area contributed by atoms with E-state index in [-0.39, 0.29) is 0 Å². The van der Waals surface area contributed by atoms with Crippen LogP contribution in [-0.2, 0) is 11.8 Å². The lowest BCUT2D eigenvalue weighted by atomic mass is 10.1. The Balaban J connectivity index is 1.55. The molecule has 4 rings (SSSR count). The molecule has 0 bridgehead atoms. The number of hydrogen-bond donors (Lipinski definition) is 2. The van der Waals surface area contributed by atoms with Gasteiger partial charge in [-0.25, -0.2) is 14.2 Å². The van der Waals surface area contributed by atoms with Crippen LogP contribution in [0.1, 0.15) is 6.92 Å². The zero-order valence-electron chi connectivity index (χ0n) is 15.2. The topological polar surface area (TPSA) is 92.5 Å². The zero-order valence-corrected chi connectivity index (χ0v) is 15.2. The lowest BCUT2D eigenvalue weighted by molar-refractivity contribution is -0.0312. The van der Waals surface area contributed by atoms with E-state index in [4.69, 9.17) is 4.74 Å². The van der Waals surface area contributed by atoms with Gasteiger partial charge in [0.15, 0.2) is 5.82 Å². The molecule has 1 fully saturated rings. The van der Waals surface area contributed by atoms with Gasteiger partial charge in [0.25, 0.3) is 0 Å². The maximum Gasteiger partial charge on any atom is 0.417 e. The third-order valence-corrected chi connectivity index (χ3v) is 4.51. The molecule has 3 heterocycles. The smallest absolute Gasteiger partial charge is 0.417 e. The maximum absolute atomic E-state index is 14.7. The predicted molar refractivity (Wildman–Crippen MR) is 101 cm³/mol. The number of halogens is 1. The first kappa shape index (κ1) is 17.9. The molecule has 3 aromatic rings. The number of benzene rings is 1. The summed E-state index contributed by atoms with van der Waals surface area (Å²) in [6.45, 7) is 1.62. The Hall–Kier alpha value is -3.46. The standard InChI is InChI=1S/C19H18FN5O3/c1-11-18(26)28-19(27)25(11)13-4-5-14(15(20)9-13)12-3-6-16(21-10-12)22-17-7-8-24(2)23-17/h3-11,18,26H,1-2H3,(H,21,22,23)/t11-,18?/m1/s1. The van der Waals surface area contributed by atoms with Gasteiger partial charge in [0.05, 0.1) is 11.7 Å². The number of cyclic esters (lactones) is 1. The zero-order chi connectivity index (χ0) is 19.8. The Kier molecular flexibility index (Phi) is 4.44. The lowest BCUT2D eigenvalue weighted by Gasteiger charge is -2.19. The maximum atomic E-state index is 14.7. The quantitative estimate of drug-likeness (QED) is 0.719. The van der Waals surface area contributed by atoms with Crippen LogP contribution in [-0.4, -0.2) is 38.3 Å².